The van der Waals surface area contributed by atoms with E-state index < -0.39 is 0 Å². The Kier molecular flexibility index (Phi) is 5.10. The second kappa shape index (κ2) is 5.76. The summed E-state index contributed by atoms with van der Waals surface area (Å²) in [4.78, 5) is 0. The molecule has 0 spiro atoms. The second-order valence-corrected chi connectivity index (χ2v) is 6.90. The van der Waals surface area contributed by atoms with Crippen LogP contribution >= 0.6 is 0 Å². The van der Waals surface area contributed by atoms with Gasteiger partial charge >= 0.3 is 0 Å². The highest BCUT2D eigenvalue weighted by molar-refractivity contribution is 5.18. The van der Waals surface area contributed by atoms with Crippen LogP contribution in [0, 0.1) is 22.7 Å². The van der Waals surface area contributed by atoms with Crippen LogP contribution in [-0.2, 0) is 0 Å². The van der Waals surface area contributed by atoms with E-state index in [9.17, 15) is 0 Å². The minimum atomic E-state index is 0.604. The molecule has 0 heterocycles. The Bertz CT molecular complexity index is 228. The van der Waals surface area contributed by atoms with E-state index in [4.69, 9.17) is 0 Å². The van der Waals surface area contributed by atoms with Crippen LogP contribution in [0.5, 0.6) is 0 Å². The fraction of sp³-hybridized carbons (Fsp3) is 1.00. The van der Waals surface area contributed by atoms with Gasteiger partial charge in [-0.15, -0.1) is 0 Å². The summed E-state index contributed by atoms with van der Waals surface area (Å²) in [7, 11) is 0. The summed E-state index contributed by atoms with van der Waals surface area (Å²) in [5.41, 5.74) is 1.28. The van der Waals surface area contributed by atoms with Crippen molar-refractivity contribution < 1.29 is 0 Å². The van der Waals surface area contributed by atoms with Gasteiger partial charge in [-0.2, -0.15) is 0 Å². The van der Waals surface area contributed by atoms with Crippen LogP contribution in [0.4, 0.5) is 0 Å². The van der Waals surface area contributed by atoms with E-state index in [0.29, 0.717) is 10.8 Å². The van der Waals surface area contributed by atoms with E-state index in [0.717, 1.165) is 11.8 Å². The average molecular weight is 238 g/mol. The molecule has 1 fully saturated rings. The van der Waals surface area contributed by atoms with E-state index in [1.807, 2.05) is 0 Å². The quantitative estimate of drug-likeness (QED) is 0.482. The van der Waals surface area contributed by atoms with Gasteiger partial charge in [0.15, 0.2) is 0 Å². The van der Waals surface area contributed by atoms with Crippen molar-refractivity contribution >= 4 is 0 Å². The van der Waals surface area contributed by atoms with E-state index in [1.165, 1.54) is 44.9 Å². The van der Waals surface area contributed by atoms with Crippen LogP contribution in [0.25, 0.3) is 0 Å². The zero-order chi connectivity index (χ0) is 13.1. The van der Waals surface area contributed by atoms with Crippen LogP contribution in [0.2, 0.25) is 0 Å². The topological polar surface area (TPSA) is 0 Å². The lowest BCUT2D eigenvalue weighted by atomic mass is 9.77. The first kappa shape index (κ1) is 15.1. The smallest absolute Gasteiger partial charge is 0.0184 e. The summed E-state index contributed by atoms with van der Waals surface area (Å²) < 4.78 is 0. The highest BCUT2D eigenvalue weighted by Gasteiger charge is 2.70. The molecule has 0 bridgehead atoms. The molecule has 1 saturated carbocycles. The summed E-state index contributed by atoms with van der Waals surface area (Å²) in [6, 6.07) is 0. The second-order valence-electron chi connectivity index (χ2n) is 6.90. The van der Waals surface area contributed by atoms with Gasteiger partial charge in [0.25, 0.3) is 0 Å². The van der Waals surface area contributed by atoms with E-state index in [1.54, 1.807) is 0 Å². The molecule has 1 rings (SSSR count). The Balaban J connectivity index is 2.78. The molecule has 102 valence electrons. The average Bonchev–Trinajstić information content (AvgIpc) is 2.74. The third-order valence-electron chi connectivity index (χ3n) is 5.72. The Hall–Kier alpha value is 0. The van der Waals surface area contributed by atoms with Crippen LogP contribution in [-0.4, -0.2) is 0 Å². The van der Waals surface area contributed by atoms with Crippen molar-refractivity contribution in [2.45, 2.75) is 86.5 Å². The summed E-state index contributed by atoms with van der Waals surface area (Å²) >= 11 is 0. The molecule has 0 N–H and O–H groups in total. The standard InChI is InChI=1S/C17H34/c1-7-10-12-15-16(5,6)17(15,13-9-3)14(4)11-8-2/h14-15H,7-13H2,1-6H3. The molecule has 17 heavy (non-hydrogen) atoms. The zero-order valence-corrected chi connectivity index (χ0v) is 13.1. The summed E-state index contributed by atoms with van der Waals surface area (Å²) in [5, 5.41) is 0. The summed E-state index contributed by atoms with van der Waals surface area (Å²) in [6.07, 6.45) is 9.85. The lowest BCUT2D eigenvalue weighted by Gasteiger charge is -2.28. The molecule has 0 aliphatic heterocycles. The largest absolute Gasteiger partial charge is 0.0654 e. The van der Waals surface area contributed by atoms with Gasteiger partial charge < -0.3 is 0 Å². The first-order chi connectivity index (χ1) is 7.98. The minimum absolute atomic E-state index is 0.604. The summed E-state index contributed by atoms with van der Waals surface area (Å²) in [6.45, 7) is 14.6. The minimum Gasteiger partial charge on any atom is -0.0654 e. The van der Waals surface area contributed by atoms with Gasteiger partial charge in [-0.25, -0.2) is 0 Å². The Morgan fingerprint density at radius 2 is 1.65 bits per heavy atom. The van der Waals surface area contributed by atoms with E-state index in [2.05, 4.69) is 41.5 Å². The maximum atomic E-state index is 2.54. The molecule has 3 unspecified atom stereocenters. The van der Waals surface area contributed by atoms with Gasteiger partial charge in [0.2, 0.25) is 0 Å². The number of hydrogen-bond donors (Lipinski definition) is 0. The van der Waals surface area contributed by atoms with Crippen molar-refractivity contribution in [3.63, 3.8) is 0 Å². The molecule has 1 aliphatic carbocycles. The van der Waals surface area contributed by atoms with Crippen molar-refractivity contribution in [2.75, 3.05) is 0 Å². The predicted molar refractivity (Wildman–Crippen MR) is 78.2 cm³/mol. The molecule has 0 aromatic heterocycles. The van der Waals surface area contributed by atoms with Gasteiger partial charge in [0.05, 0.1) is 0 Å². The number of hydrogen-bond acceptors (Lipinski definition) is 0. The first-order valence-corrected chi connectivity index (χ1v) is 7.98. The molecule has 0 saturated heterocycles. The van der Waals surface area contributed by atoms with Gasteiger partial charge in [-0.05, 0) is 35.5 Å². The van der Waals surface area contributed by atoms with E-state index >= 15 is 0 Å². The maximum Gasteiger partial charge on any atom is -0.0184 e. The van der Waals surface area contributed by atoms with Crippen molar-refractivity contribution in [1.29, 1.82) is 0 Å². The Morgan fingerprint density at radius 1 is 1.00 bits per heavy atom. The fourth-order valence-electron chi connectivity index (χ4n) is 4.85. The van der Waals surface area contributed by atoms with E-state index in [-0.39, 0.29) is 0 Å². The third-order valence-corrected chi connectivity index (χ3v) is 5.72. The van der Waals surface area contributed by atoms with Crippen molar-refractivity contribution in [3.8, 4) is 0 Å². The maximum absolute atomic E-state index is 2.54. The number of unbranched alkanes of at least 4 members (excludes halogenated alkanes) is 1. The molecule has 0 nitrogen and oxygen atoms in total. The van der Waals surface area contributed by atoms with Crippen LogP contribution in [0.15, 0.2) is 0 Å². The molecule has 0 heteroatoms. The Morgan fingerprint density at radius 3 is 2.12 bits per heavy atom. The molecule has 0 radical (unpaired) electrons. The van der Waals surface area contributed by atoms with Crippen molar-refractivity contribution in [1.82, 2.24) is 0 Å². The molecule has 0 aromatic carbocycles. The molecule has 0 aromatic rings. The number of rotatable bonds is 8. The van der Waals surface area contributed by atoms with Gasteiger partial charge in [-0.1, -0.05) is 73.6 Å². The van der Waals surface area contributed by atoms with Crippen LogP contribution < -0.4 is 0 Å². The van der Waals surface area contributed by atoms with Gasteiger partial charge in [0.1, 0.15) is 0 Å². The highest BCUT2D eigenvalue weighted by atomic mass is 14.7. The molecule has 0 amide bonds. The molecular weight excluding hydrogens is 204 g/mol. The lowest BCUT2D eigenvalue weighted by Crippen LogP contribution is -2.19. The zero-order valence-electron chi connectivity index (χ0n) is 13.1. The first-order valence-electron chi connectivity index (χ1n) is 7.98. The lowest BCUT2D eigenvalue weighted by molar-refractivity contribution is 0.217. The van der Waals surface area contributed by atoms with Gasteiger partial charge in [0, 0.05) is 0 Å². The predicted octanol–water partition coefficient (Wildman–Crippen LogP) is 6.06. The normalized spacial score (nSPS) is 32.5. The molecule has 1 aliphatic rings. The van der Waals surface area contributed by atoms with Crippen molar-refractivity contribution in [2.24, 2.45) is 22.7 Å². The Labute approximate surface area is 110 Å². The fourth-order valence-corrected chi connectivity index (χ4v) is 4.85. The molecule has 3 atom stereocenters. The monoisotopic (exact) mass is 238 g/mol. The van der Waals surface area contributed by atoms with Crippen LogP contribution in [0.1, 0.15) is 86.5 Å². The van der Waals surface area contributed by atoms with Crippen molar-refractivity contribution in [3.05, 3.63) is 0 Å². The summed E-state index contributed by atoms with van der Waals surface area (Å²) in [5.74, 6) is 1.92. The molecular formula is C17H34. The third kappa shape index (κ3) is 2.42. The van der Waals surface area contributed by atoms with Gasteiger partial charge in [-0.3, -0.25) is 0 Å². The SMILES string of the molecule is CCCCC1C(C)(C)C1(CCC)C(C)CCC. The van der Waals surface area contributed by atoms with Crippen LogP contribution in [0.3, 0.4) is 0 Å². The highest BCUT2D eigenvalue weighted by Crippen LogP contribution is 2.76.